The van der Waals surface area contributed by atoms with E-state index >= 15 is 0 Å². The van der Waals surface area contributed by atoms with Crippen molar-refractivity contribution in [3.63, 3.8) is 0 Å². The summed E-state index contributed by atoms with van der Waals surface area (Å²) in [6.07, 6.45) is 7.32. The molecule has 1 aromatic heterocycles. The average molecular weight is 351 g/mol. The Morgan fingerprint density at radius 3 is 2.58 bits per heavy atom. The van der Waals surface area contributed by atoms with Gasteiger partial charge in [-0.15, -0.1) is 0 Å². The van der Waals surface area contributed by atoms with Crippen LogP contribution in [0.15, 0.2) is 9.82 Å². The van der Waals surface area contributed by atoms with Crippen LogP contribution >= 0.6 is 11.8 Å². The zero-order valence-corrected chi connectivity index (χ0v) is 14.8. The van der Waals surface area contributed by atoms with Gasteiger partial charge in [-0.2, -0.15) is 4.98 Å². The summed E-state index contributed by atoms with van der Waals surface area (Å²) < 4.78 is 1.59. The second-order valence-electron chi connectivity index (χ2n) is 6.44. The van der Waals surface area contributed by atoms with Crippen LogP contribution in [0.4, 0.5) is 0 Å². The third-order valence-corrected chi connectivity index (χ3v) is 5.82. The van der Waals surface area contributed by atoms with Crippen molar-refractivity contribution in [2.45, 2.75) is 56.5 Å². The van der Waals surface area contributed by atoms with E-state index in [1.54, 1.807) is 4.57 Å². The lowest BCUT2D eigenvalue weighted by Gasteiger charge is -2.20. The van der Waals surface area contributed by atoms with Gasteiger partial charge < -0.3 is 10.0 Å². The van der Waals surface area contributed by atoms with Gasteiger partial charge in [-0.25, -0.2) is 4.79 Å². The molecule has 132 valence electrons. The minimum absolute atomic E-state index is 0.0615. The first-order valence-corrected chi connectivity index (χ1v) is 9.83. The number of nitrogens with zero attached hydrogens (tertiary/aromatic N) is 3. The fraction of sp³-hybridized carbons (Fsp3) is 0.706. The highest BCUT2D eigenvalue weighted by molar-refractivity contribution is 7.99. The second kappa shape index (κ2) is 8.16. The summed E-state index contributed by atoms with van der Waals surface area (Å²) in [6, 6.07) is 0. The second-order valence-corrected chi connectivity index (χ2v) is 7.40. The first-order valence-electron chi connectivity index (χ1n) is 8.84. The van der Waals surface area contributed by atoms with Gasteiger partial charge in [0, 0.05) is 24.3 Å². The molecule has 0 spiro atoms. The molecule has 0 aromatic carbocycles. The van der Waals surface area contributed by atoms with Crippen LogP contribution in [0.5, 0.6) is 0 Å². The van der Waals surface area contributed by atoms with Crippen LogP contribution < -0.4 is 5.69 Å². The fourth-order valence-electron chi connectivity index (χ4n) is 3.58. The van der Waals surface area contributed by atoms with Crippen LogP contribution in [0.2, 0.25) is 0 Å². The molecule has 1 aliphatic carbocycles. The van der Waals surface area contributed by atoms with E-state index in [9.17, 15) is 9.59 Å². The van der Waals surface area contributed by atoms with Gasteiger partial charge in [0.2, 0.25) is 5.91 Å². The van der Waals surface area contributed by atoms with E-state index in [0.717, 1.165) is 56.5 Å². The van der Waals surface area contributed by atoms with E-state index in [2.05, 4.69) is 4.98 Å². The van der Waals surface area contributed by atoms with Crippen molar-refractivity contribution in [3.05, 3.63) is 21.7 Å². The maximum absolute atomic E-state index is 12.4. The lowest BCUT2D eigenvalue weighted by Crippen LogP contribution is -2.33. The van der Waals surface area contributed by atoms with Crippen LogP contribution in [-0.2, 0) is 24.2 Å². The van der Waals surface area contributed by atoms with Gasteiger partial charge >= 0.3 is 5.69 Å². The molecule has 0 saturated carbocycles. The number of likely N-dealkylation sites (tertiary alicyclic amines) is 1. The van der Waals surface area contributed by atoms with Crippen LogP contribution in [0.25, 0.3) is 0 Å². The number of hydrogen-bond acceptors (Lipinski definition) is 5. The molecule has 1 aliphatic heterocycles. The van der Waals surface area contributed by atoms with E-state index in [0.29, 0.717) is 17.3 Å². The number of aliphatic hydroxyl groups is 1. The van der Waals surface area contributed by atoms with E-state index in [4.69, 9.17) is 5.11 Å². The maximum Gasteiger partial charge on any atom is 0.348 e. The molecule has 1 saturated heterocycles. The van der Waals surface area contributed by atoms with Crippen molar-refractivity contribution < 1.29 is 9.90 Å². The van der Waals surface area contributed by atoms with Gasteiger partial charge in [-0.1, -0.05) is 24.6 Å². The number of fused-ring (bicyclic) bond motifs is 1. The Labute approximate surface area is 146 Å². The fourth-order valence-corrected chi connectivity index (χ4v) is 4.56. The predicted octanol–water partition coefficient (Wildman–Crippen LogP) is 1.22. The van der Waals surface area contributed by atoms with Crippen LogP contribution in [-0.4, -0.2) is 50.9 Å². The standard InChI is InChI=1S/C17H25N3O3S/c21-11-10-20-14-7-5-6-13(14)16(18-17(20)23)24-12-15(22)19-8-3-1-2-4-9-19/h21H,1-12H2. The molecule has 0 radical (unpaired) electrons. The minimum Gasteiger partial charge on any atom is -0.395 e. The zero-order chi connectivity index (χ0) is 16.9. The van der Waals surface area contributed by atoms with Gasteiger partial charge in [0.15, 0.2) is 0 Å². The Balaban J connectivity index is 1.71. The molecular formula is C17H25N3O3S. The lowest BCUT2D eigenvalue weighted by molar-refractivity contribution is -0.128. The third-order valence-electron chi connectivity index (χ3n) is 4.82. The Morgan fingerprint density at radius 1 is 1.12 bits per heavy atom. The predicted molar refractivity (Wildman–Crippen MR) is 93.4 cm³/mol. The first-order chi connectivity index (χ1) is 11.7. The van der Waals surface area contributed by atoms with Crippen molar-refractivity contribution in [2.75, 3.05) is 25.4 Å². The minimum atomic E-state index is -0.311. The molecule has 2 heterocycles. The third kappa shape index (κ3) is 3.83. The smallest absolute Gasteiger partial charge is 0.348 e. The zero-order valence-electron chi connectivity index (χ0n) is 14.0. The van der Waals surface area contributed by atoms with Crippen LogP contribution in [0.1, 0.15) is 43.4 Å². The summed E-state index contributed by atoms with van der Waals surface area (Å²) in [4.78, 5) is 30.8. The summed E-state index contributed by atoms with van der Waals surface area (Å²) in [5, 5.41) is 9.86. The Hall–Kier alpha value is -1.34. The molecule has 24 heavy (non-hydrogen) atoms. The van der Waals surface area contributed by atoms with Gasteiger partial charge in [0.05, 0.1) is 18.9 Å². The Bertz CT molecular complexity index is 651. The highest BCUT2D eigenvalue weighted by Gasteiger charge is 2.23. The molecule has 3 rings (SSSR count). The van der Waals surface area contributed by atoms with Crippen molar-refractivity contribution in [1.29, 1.82) is 0 Å². The molecule has 6 nitrogen and oxygen atoms in total. The van der Waals surface area contributed by atoms with Gasteiger partial charge in [-0.05, 0) is 32.1 Å². The number of hydrogen-bond donors (Lipinski definition) is 1. The molecular weight excluding hydrogens is 326 g/mol. The van der Waals surface area contributed by atoms with E-state index in [1.807, 2.05) is 4.90 Å². The van der Waals surface area contributed by atoms with Crippen molar-refractivity contribution >= 4 is 17.7 Å². The summed E-state index contributed by atoms with van der Waals surface area (Å²) in [5.74, 6) is 0.498. The van der Waals surface area contributed by atoms with Crippen LogP contribution in [0.3, 0.4) is 0 Å². The molecule has 7 heteroatoms. The van der Waals surface area contributed by atoms with Crippen molar-refractivity contribution in [1.82, 2.24) is 14.5 Å². The van der Waals surface area contributed by atoms with Crippen molar-refractivity contribution in [2.24, 2.45) is 0 Å². The number of rotatable bonds is 5. The molecule has 0 atom stereocenters. The van der Waals surface area contributed by atoms with E-state index < -0.39 is 0 Å². The molecule has 0 unspecified atom stereocenters. The number of amides is 1. The average Bonchev–Trinajstić information content (AvgIpc) is 2.90. The number of carbonyl (C=O) groups is 1. The number of aromatic nitrogens is 2. The summed E-state index contributed by atoms with van der Waals surface area (Å²) >= 11 is 1.40. The number of aliphatic hydroxyl groups excluding tert-OH is 1. The Kier molecular flexibility index (Phi) is 5.94. The first kappa shape index (κ1) is 17.5. The Morgan fingerprint density at radius 2 is 1.88 bits per heavy atom. The normalized spacial score (nSPS) is 17.6. The molecule has 2 aliphatic rings. The largest absolute Gasteiger partial charge is 0.395 e. The van der Waals surface area contributed by atoms with E-state index in [1.165, 1.54) is 24.6 Å². The summed E-state index contributed by atoms with van der Waals surface area (Å²) in [7, 11) is 0. The lowest BCUT2D eigenvalue weighted by atomic mass is 10.2. The van der Waals surface area contributed by atoms with E-state index in [-0.39, 0.29) is 18.2 Å². The molecule has 1 fully saturated rings. The van der Waals surface area contributed by atoms with Gasteiger partial charge in [0.25, 0.3) is 0 Å². The van der Waals surface area contributed by atoms with Crippen molar-refractivity contribution in [3.8, 4) is 0 Å². The highest BCUT2D eigenvalue weighted by Crippen LogP contribution is 2.29. The molecule has 1 aromatic rings. The molecule has 1 amide bonds. The quantitative estimate of drug-likeness (QED) is 0.638. The number of thioether (sulfide) groups is 1. The van der Waals surface area contributed by atoms with Gasteiger partial charge in [-0.3, -0.25) is 9.36 Å². The summed E-state index contributed by atoms with van der Waals surface area (Å²) in [5.41, 5.74) is 1.78. The van der Waals surface area contributed by atoms with Gasteiger partial charge in [0.1, 0.15) is 5.03 Å². The van der Waals surface area contributed by atoms with Crippen LogP contribution in [0, 0.1) is 0 Å². The summed E-state index contributed by atoms with van der Waals surface area (Å²) in [6.45, 7) is 1.94. The topological polar surface area (TPSA) is 75.4 Å². The molecule has 0 bridgehead atoms. The SMILES string of the molecule is O=C(CSc1nc(=O)n(CCO)c2c1CCC2)N1CCCCCC1. The molecule has 1 N–H and O–H groups in total. The number of carbonyl (C=O) groups excluding carboxylic acids is 1. The maximum atomic E-state index is 12.4. The monoisotopic (exact) mass is 351 g/mol. The highest BCUT2D eigenvalue weighted by atomic mass is 32.2.